The van der Waals surface area contributed by atoms with Gasteiger partial charge in [-0.25, -0.2) is 0 Å². The lowest BCUT2D eigenvalue weighted by molar-refractivity contribution is -0.133. The number of amides is 1. The number of nitrogens with zero attached hydrogens (tertiary/aromatic N) is 1. The van der Waals surface area contributed by atoms with E-state index < -0.39 is 0 Å². The minimum Gasteiger partial charge on any atom is -0.496 e. The van der Waals surface area contributed by atoms with Crippen LogP contribution in [-0.4, -0.2) is 43.6 Å². The van der Waals surface area contributed by atoms with E-state index in [0.717, 1.165) is 30.9 Å². The van der Waals surface area contributed by atoms with Crippen molar-refractivity contribution in [3.63, 3.8) is 0 Å². The van der Waals surface area contributed by atoms with Crippen LogP contribution in [0.1, 0.15) is 12.5 Å². The monoisotopic (exact) mass is 284 g/mol. The van der Waals surface area contributed by atoms with Crippen molar-refractivity contribution in [3.8, 4) is 5.75 Å². The van der Waals surface area contributed by atoms with Gasteiger partial charge >= 0.3 is 0 Å². The lowest BCUT2D eigenvalue weighted by Gasteiger charge is -2.34. The molecule has 106 valence electrons. The Kier molecular flexibility index (Phi) is 6.12. The highest BCUT2D eigenvalue weighted by Crippen LogP contribution is 2.19. The number of hydrogen-bond donors (Lipinski definition) is 1. The lowest BCUT2D eigenvalue weighted by Crippen LogP contribution is -2.52. The van der Waals surface area contributed by atoms with Crippen LogP contribution in [0.25, 0.3) is 0 Å². The normalized spacial score (nSPS) is 18.6. The first-order valence-corrected chi connectivity index (χ1v) is 6.34. The van der Waals surface area contributed by atoms with Crippen molar-refractivity contribution < 1.29 is 9.53 Å². The van der Waals surface area contributed by atoms with Crippen LogP contribution in [0.15, 0.2) is 24.3 Å². The fourth-order valence-electron chi connectivity index (χ4n) is 2.33. The molecule has 0 bridgehead atoms. The van der Waals surface area contributed by atoms with Crippen LogP contribution in [0.3, 0.4) is 0 Å². The number of halogens is 1. The zero-order valence-electron chi connectivity index (χ0n) is 11.4. The maximum atomic E-state index is 12.3. The van der Waals surface area contributed by atoms with Crippen LogP contribution in [0.4, 0.5) is 0 Å². The van der Waals surface area contributed by atoms with Crippen molar-refractivity contribution in [2.75, 3.05) is 26.7 Å². The largest absolute Gasteiger partial charge is 0.496 e. The van der Waals surface area contributed by atoms with E-state index in [2.05, 4.69) is 12.2 Å². The molecule has 0 radical (unpaired) electrons. The van der Waals surface area contributed by atoms with Crippen molar-refractivity contribution in [1.82, 2.24) is 10.2 Å². The molecular formula is C14H21ClN2O2. The summed E-state index contributed by atoms with van der Waals surface area (Å²) < 4.78 is 5.28. The number of carbonyl (C=O) groups is 1. The summed E-state index contributed by atoms with van der Waals surface area (Å²) in [6.45, 7) is 4.61. The number of para-hydroxylation sites is 1. The molecule has 2 rings (SSSR count). The van der Waals surface area contributed by atoms with E-state index in [1.165, 1.54) is 0 Å². The first kappa shape index (κ1) is 15.8. The highest BCUT2D eigenvalue weighted by Gasteiger charge is 2.23. The van der Waals surface area contributed by atoms with Gasteiger partial charge < -0.3 is 15.0 Å². The SMILES string of the molecule is COc1ccccc1CC(=O)N1CCNCC1C.Cl. The van der Waals surface area contributed by atoms with Crippen LogP contribution in [0, 0.1) is 0 Å². The quantitative estimate of drug-likeness (QED) is 0.914. The van der Waals surface area contributed by atoms with Gasteiger partial charge in [0.2, 0.25) is 5.91 Å². The third kappa shape index (κ3) is 3.85. The summed E-state index contributed by atoms with van der Waals surface area (Å²) in [5.74, 6) is 0.960. The summed E-state index contributed by atoms with van der Waals surface area (Å²) in [4.78, 5) is 14.2. The molecule has 1 aliphatic rings. The zero-order valence-corrected chi connectivity index (χ0v) is 12.2. The molecule has 1 atom stereocenters. The lowest BCUT2D eigenvalue weighted by atomic mass is 10.1. The number of methoxy groups -OCH3 is 1. The molecule has 1 aromatic carbocycles. The Morgan fingerprint density at radius 1 is 1.47 bits per heavy atom. The van der Waals surface area contributed by atoms with Gasteiger partial charge in [0.25, 0.3) is 0 Å². The Hall–Kier alpha value is -1.26. The molecule has 4 nitrogen and oxygen atoms in total. The van der Waals surface area contributed by atoms with Crippen molar-refractivity contribution in [3.05, 3.63) is 29.8 Å². The maximum absolute atomic E-state index is 12.3. The number of benzene rings is 1. The zero-order chi connectivity index (χ0) is 13.0. The molecule has 0 aliphatic carbocycles. The summed E-state index contributed by atoms with van der Waals surface area (Å²) >= 11 is 0. The first-order chi connectivity index (χ1) is 8.72. The van der Waals surface area contributed by atoms with Crippen LogP contribution < -0.4 is 10.1 Å². The first-order valence-electron chi connectivity index (χ1n) is 6.34. The van der Waals surface area contributed by atoms with Gasteiger partial charge in [0, 0.05) is 31.2 Å². The predicted molar refractivity (Wildman–Crippen MR) is 78.0 cm³/mol. The van der Waals surface area contributed by atoms with E-state index in [9.17, 15) is 4.79 Å². The Bertz CT molecular complexity index is 426. The summed E-state index contributed by atoms with van der Waals surface area (Å²) in [5.41, 5.74) is 0.954. The topological polar surface area (TPSA) is 41.6 Å². The van der Waals surface area contributed by atoms with E-state index in [0.29, 0.717) is 6.42 Å². The molecule has 1 N–H and O–H groups in total. The van der Waals surface area contributed by atoms with Crippen LogP contribution in [0.2, 0.25) is 0 Å². The van der Waals surface area contributed by atoms with Crippen molar-refractivity contribution in [2.45, 2.75) is 19.4 Å². The third-order valence-corrected chi connectivity index (χ3v) is 3.36. The molecule has 1 unspecified atom stereocenters. The Balaban J connectivity index is 0.00000180. The van der Waals surface area contributed by atoms with E-state index in [1.54, 1.807) is 7.11 Å². The fraction of sp³-hybridized carbons (Fsp3) is 0.500. The standard InChI is InChI=1S/C14H20N2O2.ClH/c1-11-10-15-7-8-16(11)14(17)9-12-5-3-4-6-13(12)18-2;/h3-6,11,15H,7-10H2,1-2H3;1H. The Morgan fingerprint density at radius 3 is 2.89 bits per heavy atom. The maximum Gasteiger partial charge on any atom is 0.227 e. The molecule has 0 saturated carbocycles. The third-order valence-electron chi connectivity index (χ3n) is 3.36. The van der Waals surface area contributed by atoms with Gasteiger partial charge in [0.05, 0.1) is 13.5 Å². The van der Waals surface area contributed by atoms with E-state index in [-0.39, 0.29) is 24.4 Å². The molecule has 19 heavy (non-hydrogen) atoms. The van der Waals surface area contributed by atoms with Gasteiger partial charge in [-0.15, -0.1) is 12.4 Å². The van der Waals surface area contributed by atoms with E-state index in [1.807, 2.05) is 29.2 Å². The van der Waals surface area contributed by atoms with E-state index in [4.69, 9.17) is 4.74 Å². The Labute approximate surface area is 120 Å². The molecule has 1 heterocycles. The number of ether oxygens (including phenoxy) is 1. The minimum absolute atomic E-state index is 0. The second-order valence-electron chi connectivity index (χ2n) is 4.63. The summed E-state index contributed by atoms with van der Waals surface area (Å²) in [7, 11) is 1.64. The molecule has 1 fully saturated rings. The minimum atomic E-state index is 0. The number of nitrogens with one attached hydrogen (secondary N) is 1. The fourth-order valence-corrected chi connectivity index (χ4v) is 2.33. The molecule has 0 spiro atoms. The Morgan fingerprint density at radius 2 is 2.21 bits per heavy atom. The molecule has 0 aromatic heterocycles. The van der Waals surface area contributed by atoms with Crippen molar-refractivity contribution in [1.29, 1.82) is 0 Å². The average Bonchev–Trinajstić information content (AvgIpc) is 2.39. The highest BCUT2D eigenvalue weighted by molar-refractivity contribution is 5.85. The summed E-state index contributed by atoms with van der Waals surface area (Å²) in [6, 6.07) is 7.96. The molecular weight excluding hydrogens is 264 g/mol. The molecule has 1 aromatic rings. The van der Waals surface area contributed by atoms with Crippen molar-refractivity contribution >= 4 is 18.3 Å². The number of piperazine rings is 1. The number of hydrogen-bond acceptors (Lipinski definition) is 3. The smallest absolute Gasteiger partial charge is 0.227 e. The van der Waals surface area contributed by atoms with Gasteiger partial charge in [-0.05, 0) is 13.0 Å². The van der Waals surface area contributed by atoms with Gasteiger partial charge in [-0.1, -0.05) is 18.2 Å². The number of rotatable bonds is 3. The number of carbonyl (C=O) groups excluding carboxylic acids is 1. The van der Waals surface area contributed by atoms with Crippen molar-refractivity contribution in [2.24, 2.45) is 0 Å². The second kappa shape index (κ2) is 7.36. The van der Waals surface area contributed by atoms with E-state index >= 15 is 0 Å². The molecule has 1 saturated heterocycles. The van der Waals surface area contributed by atoms with Crippen LogP contribution in [-0.2, 0) is 11.2 Å². The van der Waals surface area contributed by atoms with Gasteiger partial charge in [-0.2, -0.15) is 0 Å². The van der Waals surface area contributed by atoms with Crippen LogP contribution >= 0.6 is 12.4 Å². The van der Waals surface area contributed by atoms with Gasteiger partial charge in [0.1, 0.15) is 5.75 Å². The second-order valence-corrected chi connectivity index (χ2v) is 4.63. The molecule has 1 aliphatic heterocycles. The van der Waals surface area contributed by atoms with Gasteiger partial charge in [-0.3, -0.25) is 4.79 Å². The highest BCUT2D eigenvalue weighted by atomic mass is 35.5. The molecule has 1 amide bonds. The average molecular weight is 285 g/mol. The van der Waals surface area contributed by atoms with Gasteiger partial charge in [0.15, 0.2) is 0 Å². The van der Waals surface area contributed by atoms with Crippen LogP contribution in [0.5, 0.6) is 5.75 Å². The summed E-state index contributed by atoms with van der Waals surface area (Å²) in [6.07, 6.45) is 0.411. The molecule has 5 heteroatoms. The predicted octanol–water partition coefficient (Wildman–Crippen LogP) is 1.48. The summed E-state index contributed by atoms with van der Waals surface area (Å²) in [5, 5.41) is 3.29.